The van der Waals surface area contributed by atoms with Crippen LogP contribution < -0.4 is 19.9 Å². The van der Waals surface area contributed by atoms with Gasteiger partial charge in [-0.25, -0.2) is 0 Å². The second-order valence-corrected chi connectivity index (χ2v) is 7.47. The lowest BCUT2D eigenvalue weighted by molar-refractivity contribution is 0.311. The summed E-state index contributed by atoms with van der Waals surface area (Å²) < 4.78 is 16.7. The predicted octanol–water partition coefficient (Wildman–Crippen LogP) is 5.01. The number of nitrogens with one attached hydrogen (secondary N) is 1. The SMILES string of the molecule is CCOc1ccc(-c2[nH]nc3c2[C@H](c2cccc(Cl)c2Cl)C(C#N)=C(N)O3)cc1OC. The summed E-state index contributed by atoms with van der Waals surface area (Å²) in [5.74, 6) is 0.798. The zero-order valence-corrected chi connectivity index (χ0v) is 18.2. The molecule has 4 rings (SSSR count). The standard InChI is InChI=1S/C22H18Cl2N4O3/c1-3-30-15-8-7-11(9-16(15)29-2)20-18-17(12-5-4-6-14(23)19(12)24)13(10-25)21(26)31-22(18)28-27-20/h4-9,17H,3,26H2,1-2H3,(H,27,28)/t17-/m1/s1. The first-order chi connectivity index (χ1) is 15.0. The number of ether oxygens (including phenoxy) is 3. The maximum Gasteiger partial charge on any atom is 0.244 e. The lowest BCUT2D eigenvalue weighted by atomic mass is 9.83. The number of benzene rings is 2. The molecule has 0 saturated heterocycles. The summed E-state index contributed by atoms with van der Waals surface area (Å²) in [7, 11) is 1.57. The van der Waals surface area contributed by atoms with E-state index in [2.05, 4.69) is 16.3 Å². The van der Waals surface area contributed by atoms with Crippen LogP contribution in [0.3, 0.4) is 0 Å². The topological polar surface area (TPSA) is 106 Å². The summed E-state index contributed by atoms with van der Waals surface area (Å²) in [4.78, 5) is 0. The highest BCUT2D eigenvalue weighted by Gasteiger charge is 2.37. The first kappa shape index (κ1) is 20.9. The van der Waals surface area contributed by atoms with Crippen LogP contribution in [0.5, 0.6) is 17.4 Å². The Morgan fingerprint density at radius 2 is 2.06 bits per heavy atom. The second-order valence-electron chi connectivity index (χ2n) is 6.68. The normalized spacial score (nSPS) is 15.1. The van der Waals surface area contributed by atoms with Crippen LogP contribution in [-0.4, -0.2) is 23.9 Å². The summed E-state index contributed by atoms with van der Waals surface area (Å²) >= 11 is 12.8. The van der Waals surface area contributed by atoms with Gasteiger partial charge >= 0.3 is 0 Å². The summed E-state index contributed by atoms with van der Waals surface area (Å²) in [5.41, 5.74) is 8.90. The summed E-state index contributed by atoms with van der Waals surface area (Å²) in [6.07, 6.45) is 0. The molecule has 3 aromatic rings. The van der Waals surface area contributed by atoms with Crippen LogP contribution in [0, 0.1) is 11.3 Å². The third kappa shape index (κ3) is 3.54. The number of methoxy groups -OCH3 is 1. The largest absolute Gasteiger partial charge is 0.493 e. The fourth-order valence-corrected chi connectivity index (χ4v) is 4.03. The summed E-state index contributed by atoms with van der Waals surface area (Å²) in [6.45, 7) is 2.41. The Bertz CT molecular complexity index is 1230. The number of hydrogen-bond acceptors (Lipinski definition) is 6. The zero-order chi connectivity index (χ0) is 22.1. The second kappa shape index (κ2) is 8.42. The van der Waals surface area contributed by atoms with Gasteiger partial charge in [-0.05, 0) is 36.8 Å². The molecule has 31 heavy (non-hydrogen) atoms. The van der Waals surface area contributed by atoms with Crippen molar-refractivity contribution in [2.45, 2.75) is 12.8 Å². The van der Waals surface area contributed by atoms with E-state index in [9.17, 15) is 5.26 Å². The molecule has 2 aromatic carbocycles. The molecule has 0 radical (unpaired) electrons. The van der Waals surface area contributed by atoms with Crippen molar-refractivity contribution >= 4 is 23.2 Å². The number of allylic oxidation sites excluding steroid dienone is 1. The Balaban J connectivity index is 1.93. The number of aromatic nitrogens is 2. The van der Waals surface area contributed by atoms with Gasteiger partial charge < -0.3 is 19.9 Å². The minimum absolute atomic E-state index is 0.0293. The van der Waals surface area contributed by atoms with Gasteiger partial charge in [-0.2, -0.15) is 5.26 Å². The molecule has 0 amide bonds. The number of H-pyrrole nitrogens is 1. The van der Waals surface area contributed by atoms with E-state index in [0.29, 0.717) is 45.0 Å². The van der Waals surface area contributed by atoms with Gasteiger partial charge in [0.2, 0.25) is 11.8 Å². The molecule has 3 N–H and O–H groups in total. The molecule has 7 nitrogen and oxygen atoms in total. The number of nitrogens with two attached hydrogens (primary N) is 1. The Morgan fingerprint density at radius 1 is 1.26 bits per heavy atom. The monoisotopic (exact) mass is 456 g/mol. The average molecular weight is 457 g/mol. The fourth-order valence-electron chi connectivity index (χ4n) is 3.62. The van der Waals surface area contributed by atoms with Crippen LogP contribution in [0.1, 0.15) is 24.0 Å². The van der Waals surface area contributed by atoms with Crippen molar-refractivity contribution in [3.05, 3.63) is 69.0 Å². The van der Waals surface area contributed by atoms with Gasteiger partial charge in [0.05, 0.1) is 40.9 Å². The first-order valence-corrected chi connectivity index (χ1v) is 10.2. The number of rotatable bonds is 5. The molecule has 0 bridgehead atoms. The van der Waals surface area contributed by atoms with Crippen LogP contribution in [0.25, 0.3) is 11.3 Å². The molecule has 1 atom stereocenters. The number of halogens is 2. The van der Waals surface area contributed by atoms with E-state index in [1.807, 2.05) is 25.1 Å². The maximum atomic E-state index is 9.84. The van der Waals surface area contributed by atoms with Gasteiger partial charge in [-0.3, -0.25) is 5.10 Å². The predicted molar refractivity (Wildman–Crippen MR) is 118 cm³/mol. The number of aromatic amines is 1. The Labute approximate surface area is 188 Å². The Hall–Kier alpha value is -3.34. The van der Waals surface area contributed by atoms with Gasteiger partial charge in [-0.15, -0.1) is 5.10 Å². The van der Waals surface area contributed by atoms with E-state index >= 15 is 0 Å². The van der Waals surface area contributed by atoms with Gasteiger partial charge in [-0.1, -0.05) is 35.3 Å². The summed E-state index contributed by atoms with van der Waals surface area (Å²) in [6, 6.07) is 12.9. The Morgan fingerprint density at radius 3 is 2.77 bits per heavy atom. The third-order valence-electron chi connectivity index (χ3n) is 4.98. The lowest BCUT2D eigenvalue weighted by Crippen LogP contribution is -2.21. The molecule has 158 valence electrons. The van der Waals surface area contributed by atoms with E-state index < -0.39 is 5.92 Å². The lowest BCUT2D eigenvalue weighted by Gasteiger charge is -2.25. The first-order valence-electron chi connectivity index (χ1n) is 9.41. The smallest absolute Gasteiger partial charge is 0.244 e. The third-order valence-corrected chi connectivity index (χ3v) is 5.82. The molecule has 0 aliphatic carbocycles. The molecule has 0 spiro atoms. The molecular formula is C22H18Cl2N4O3. The van der Waals surface area contributed by atoms with Gasteiger partial charge in [0.1, 0.15) is 11.6 Å². The number of hydrogen-bond donors (Lipinski definition) is 2. The van der Waals surface area contributed by atoms with Crippen molar-refractivity contribution < 1.29 is 14.2 Å². The van der Waals surface area contributed by atoms with Crippen molar-refractivity contribution in [3.8, 4) is 34.7 Å². The Kier molecular flexibility index (Phi) is 5.68. The van der Waals surface area contributed by atoms with E-state index in [1.54, 1.807) is 25.3 Å². The van der Waals surface area contributed by atoms with Crippen LogP contribution in [0.2, 0.25) is 10.0 Å². The molecule has 9 heteroatoms. The van der Waals surface area contributed by atoms with Crippen LogP contribution >= 0.6 is 23.2 Å². The van der Waals surface area contributed by atoms with Crippen molar-refractivity contribution in [1.82, 2.24) is 10.2 Å². The molecule has 0 fully saturated rings. The molecule has 1 aromatic heterocycles. The van der Waals surface area contributed by atoms with Crippen LogP contribution in [0.4, 0.5) is 0 Å². The van der Waals surface area contributed by atoms with Gasteiger partial charge in [0, 0.05) is 5.56 Å². The number of nitrogens with zero attached hydrogens (tertiary/aromatic N) is 2. The van der Waals surface area contributed by atoms with Crippen molar-refractivity contribution in [1.29, 1.82) is 5.26 Å². The van der Waals surface area contributed by atoms with E-state index in [1.165, 1.54) is 0 Å². The molecular weight excluding hydrogens is 439 g/mol. The van der Waals surface area contributed by atoms with Gasteiger partial charge in [0.25, 0.3) is 0 Å². The molecule has 1 aliphatic heterocycles. The van der Waals surface area contributed by atoms with Crippen molar-refractivity contribution in [2.24, 2.45) is 5.73 Å². The molecule has 0 unspecified atom stereocenters. The molecule has 1 aliphatic rings. The number of fused-ring (bicyclic) bond motifs is 1. The molecule has 0 saturated carbocycles. The maximum absolute atomic E-state index is 9.84. The van der Waals surface area contributed by atoms with E-state index in [-0.39, 0.29) is 17.3 Å². The quantitative estimate of drug-likeness (QED) is 0.558. The van der Waals surface area contributed by atoms with Crippen LogP contribution in [0.15, 0.2) is 47.9 Å². The van der Waals surface area contributed by atoms with Crippen LogP contribution in [-0.2, 0) is 0 Å². The fraction of sp³-hybridized carbons (Fsp3) is 0.182. The van der Waals surface area contributed by atoms with E-state index in [4.69, 9.17) is 43.1 Å². The molecule has 2 heterocycles. The highest BCUT2D eigenvalue weighted by atomic mass is 35.5. The zero-order valence-electron chi connectivity index (χ0n) is 16.7. The highest BCUT2D eigenvalue weighted by molar-refractivity contribution is 6.42. The van der Waals surface area contributed by atoms with Crippen molar-refractivity contribution in [3.63, 3.8) is 0 Å². The van der Waals surface area contributed by atoms with Crippen molar-refractivity contribution in [2.75, 3.05) is 13.7 Å². The average Bonchev–Trinajstić information content (AvgIpc) is 3.18. The van der Waals surface area contributed by atoms with E-state index in [0.717, 1.165) is 5.56 Å². The van der Waals surface area contributed by atoms with Gasteiger partial charge in [0.15, 0.2) is 11.5 Å². The minimum Gasteiger partial charge on any atom is -0.493 e. The highest BCUT2D eigenvalue weighted by Crippen LogP contribution is 2.48. The summed E-state index contributed by atoms with van der Waals surface area (Å²) in [5, 5.41) is 17.8. The minimum atomic E-state index is -0.619. The number of nitriles is 1.